The van der Waals surface area contributed by atoms with Crippen molar-refractivity contribution < 1.29 is 9.90 Å². The number of hydrogen-bond donors (Lipinski definition) is 2. The summed E-state index contributed by atoms with van der Waals surface area (Å²) in [6.07, 6.45) is 2.04. The lowest BCUT2D eigenvalue weighted by Gasteiger charge is -2.19. The first kappa shape index (κ1) is 13.1. The summed E-state index contributed by atoms with van der Waals surface area (Å²) in [6.45, 7) is 2.60. The summed E-state index contributed by atoms with van der Waals surface area (Å²) in [7, 11) is 1.73. The van der Waals surface area contributed by atoms with Crippen molar-refractivity contribution >= 4 is 23.3 Å². The number of carbonyl (C=O) groups excluding carboxylic acids is 1. The third kappa shape index (κ3) is 2.57. The van der Waals surface area contributed by atoms with Gasteiger partial charge in [-0.15, -0.1) is 0 Å². The van der Waals surface area contributed by atoms with Crippen LogP contribution in [0, 0.1) is 0 Å². The van der Waals surface area contributed by atoms with E-state index in [-0.39, 0.29) is 5.91 Å². The molecule has 5 nitrogen and oxygen atoms in total. The first-order valence-corrected chi connectivity index (χ1v) is 6.16. The Kier molecular flexibility index (Phi) is 3.45. The normalized spacial score (nSPS) is 23.2. The van der Waals surface area contributed by atoms with Crippen molar-refractivity contribution in [3.8, 4) is 0 Å². The number of carbonyl (C=O) groups is 1. The SMILES string of the molecule is CNc1cc(C(=O)N2CCC(C)(O)C2)c(Cl)cn1. The van der Waals surface area contributed by atoms with Gasteiger partial charge >= 0.3 is 0 Å². The van der Waals surface area contributed by atoms with Crippen LogP contribution in [0.1, 0.15) is 23.7 Å². The van der Waals surface area contributed by atoms with E-state index in [4.69, 9.17) is 11.6 Å². The molecule has 2 rings (SSSR count). The number of halogens is 1. The quantitative estimate of drug-likeness (QED) is 0.851. The van der Waals surface area contributed by atoms with E-state index < -0.39 is 5.60 Å². The number of likely N-dealkylation sites (tertiary alicyclic amines) is 1. The number of rotatable bonds is 2. The summed E-state index contributed by atoms with van der Waals surface area (Å²) in [5.41, 5.74) is -0.394. The number of amides is 1. The molecule has 1 aliphatic rings. The molecule has 6 heteroatoms. The number of aromatic nitrogens is 1. The second-order valence-electron chi connectivity index (χ2n) is 4.77. The van der Waals surface area contributed by atoms with E-state index in [0.29, 0.717) is 35.9 Å². The molecule has 1 fully saturated rings. The van der Waals surface area contributed by atoms with Gasteiger partial charge in [0.15, 0.2) is 0 Å². The molecule has 0 aliphatic carbocycles. The van der Waals surface area contributed by atoms with Gasteiger partial charge in [-0.25, -0.2) is 4.98 Å². The number of anilines is 1. The third-order valence-corrected chi connectivity index (χ3v) is 3.38. The predicted molar refractivity (Wildman–Crippen MR) is 69.9 cm³/mol. The van der Waals surface area contributed by atoms with E-state index in [2.05, 4.69) is 10.3 Å². The fourth-order valence-electron chi connectivity index (χ4n) is 2.03. The van der Waals surface area contributed by atoms with Gasteiger partial charge in [0.2, 0.25) is 0 Å². The highest BCUT2D eigenvalue weighted by molar-refractivity contribution is 6.33. The van der Waals surface area contributed by atoms with Gasteiger partial charge in [-0.2, -0.15) is 0 Å². The molecule has 1 aromatic rings. The first-order chi connectivity index (χ1) is 8.43. The summed E-state index contributed by atoms with van der Waals surface area (Å²) in [5.74, 6) is 0.422. The minimum Gasteiger partial charge on any atom is -0.388 e. The van der Waals surface area contributed by atoms with Gasteiger partial charge < -0.3 is 15.3 Å². The van der Waals surface area contributed by atoms with Crippen molar-refractivity contribution in [2.24, 2.45) is 0 Å². The zero-order chi connectivity index (χ0) is 13.3. The third-order valence-electron chi connectivity index (χ3n) is 3.08. The Morgan fingerprint density at radius 2 is 2.39 bits per heavy atom. The molecule has 98 valence electrons. The highest BCUT2D eigenvalue weighted by Crippen LogP contribution is 2.25. The molecule has 0 bridgehead atoms. The van der Waals surface area contributed by atoms with Crippen LogP contribution in [-0.2, 0) is 0 Å². The lowest BCUT2D eigenvalue weighted by molar-refractivity contribution is 0.0572. The van der Waals surface area contributed by atoms with Crippen LogP contribution in [0.2, 0.25) is 5.02 Å². The van der Waals surface area contributed by atoms with Crippen LogP contribution < -0.4 is 5.32 Å². The number of aliphatic hydroxyl groups is 1. The van der Waals surface area contributed by atoms with Crippen molar-refractivity contribution in [3.05, 3.63) is 22.8 Å². The molecule has 1 aromatic heterocycles. The molecule has 1 saturated heterocycles. The van der Waals surface area contributed by atoms with E-state index in [9.17, 15) is 9.90 Å². The fraction of sp³-hybridized carbons (Fsp3) is 0.500. The molecule has 1 amide bonds. The lowest BCUT2D eigenvalue weighted by atomic mass is 10.1. The predicted octanol–water partition coefficient (Wildman–Crippen LogP) is 1.37. The number of nitrogens with one attached hydrogen (secondary N) is 1. The van der Waals surface area contributed by atoms with Crippen molar-refractivity contribution in [2.75, 3.05) is 25.5 Å². The van der Waals surface area contributed by atoms with Gasteiger partial charge in [0.25, 0.3) is 5.91 Å². The maximum absolute atomic E-state index is 12.3. The summed E-state index contributed by atoms with van der Waals surface area (Å²) < 4.78 is 0. The summed E-state index contributed by atoms with van der Waals surface area (Å²) in [6, 6.07) is 1.62. The molecule has 0 radical (unpaired) electrons. The molecule has 2 heterocycles. The van der Waals surface area contributed by atoms with Crippen molar-refractivity contribution in [3.63, 3.8) is 0 Å². The molecule has 1 aliphatic heterocycles. The maximum Gasteiger partial charge on any atom is 0.255 e. The molecular weight excluding hydrogens is 254 g/mol. The summed E-state index contributed by atoms with van der Waals surface area (Å²) in [4.78, 5) is 17.9. The topological polar surface area (TPSA) is 65.5 Å². The Hall–Kier alpha value is -1.33. The van der Waals surface area contributed by atoms with Crippen LogP contribution in [0.15, 0.2) is 12.3 Å². The van der Waals surface area contributed by atoms with E-state index in [1.165, 1.54) is 6.20 Å². The molecule has 0 spiro atoms. The average Bonchev–Trinajstić information content (AvgIpc) is 2.69. The summed E-state index contributed by atoms with van der Waals surface area (Å²) in [5, 5.41) is 13.1. The molecule has 2 N–H and O–H groups in total. The van der Waals surface area contributed by atoms with E-state index in [1.807, 2.05) is 0 Å². The van der Waals surface area contributed by atoms with E-state index >= 15 is 0 Å². The molecule has 0 aromatic carbocycles. The number of nitrogens with zero attached hydrogens (tertiary/aromatic N) is 2. The van der Waals surface area contributed by atoms with Crippen LogP contribution in [0.4, 0.5) is 5.82 Å². The fourth-order valence-corrected chi connectivity index (χ4v) is 2.21. The van der Waals surface area contributed by atoms with Gasteiger partial charge in [-0.3, -0.25) is 4.79 Å². The van der Waals surface area contributed by atoms with Crippen molar-refractivity contribution in [1.29, 1.82) is 0 Å². The van der Waals surface area contributed by atoms with E-state index in [1.54, 1.807) is 24.9 Å². The molecule has 1 unspecified atom stereocenters. The Labute approximate surface area is 111 Å². The number of hydrogen-bond acceptors (Lipinski definition) is 4. The monoisotopic (exact) mass is 269 g/mol. The second-order valence-corrected chi connectivity index (χ2v) is 5.18. The number of pyridine rings is 1. The van der Waals surface area contributed by atoms with Crippen molar-refractivity contribution in [1.82, 2.24) is 9.88 Å². The second kappa shape index (κ2) is 4.74. The first-order valence-electron chi connectivity index (χ1n) is 5.78. The standard InChI is InChI=1S/C12H16ClN3O2/c1-12(18)3-4-16(7-12)11(17)8-5-10(14-2)15-6-9(8)13/h5-6,18H,3-4,7H2,1-2H3,(H,14,15). The minimum absolute atomic E-state index is 0.170. The average molecular weight is 270 g/mol. The van der Waals surface area contributed by atoms with Gasteiger partial charge in [-0.1, -0.05) is 11.6 Å². The van der Waals surface area contributed by atoms with E-state index in [0.717, 1.165) is 0 Å². The van der Waals surface area contributed by atoms with Gasteiger partial charge in [0.05, 0.1) is 16.2 Å². The molecule has 18 heavy (non-hydrogen) atoms. The highest BCUT2D eigenvalue weighted by Gasteiger charge is 2.34. The Morgan fingerprint density at radius 1 is 1.67 bits per heavy atom. The lowest BCUT2D eigenvalue weighted by Crippen LogP contribution is -2.34. The zero-order valence-corrected chi connectivity index (χ0v) is 11.2. The Balaban J connectivity index is 2.24. The highest BCUT2D eigenvalue weighted by atomic mass is 35.5. The van der Waals surface area contributed by atoms with Gasteiger partial charge in [0, 0.05) is 26.3 Å². The largest absolute Gasteiger partial charge is 0.388 e. The van der Waals surface area contributed by atoms with Crippen LogP contribution >= 0.6 is 11.6 Å². The Morgan fingerprint density at radius 3 is 2.94 bits per heavy atom. The maximum atomic E-state index is 12.3. The van der Waals surface area contributed by atoms with Crippen LogP contribution in [0.25, 0.3) is 0 Å². The molecule has 0 saturated carbocycles. The van der Waals surface area contributed by atoms with Gasteiger partial charge in [-0.05, 0) is 19.4 Å². The smallest absolute Gasteiger partial charge is 0.255 e. The zero-order valence-electron chi connectivity index (χ0n) is 10.4. The number of β-amino-alcohol motifs (C(OH)–C–C–N with tert-alkyl or cyclic N) is 1. The van der Waals surface area contributed by atoms with Crippen LogP contribution in [0.3, 0.4) is 0 Å². The molecule has 1 atom stereocenters. The minimum atomic E-state index is -0.805. The summed E-state index contributed by atoms with van der Waals surface area (Å²) >= 11 is 6.00. The van der Waals surface area contributed by atoms with Gasteiger partial charge in [0.1, 0.15) is 5.82 Å². The Bertz CT molecular complexity index is 476. The van der Waals surface area contributed by atoms with Crippen LogP contribution in [-0.4, -0.2) is 46.6 Å². The van der Waals surface area contributed by atoms with Crippen molar-refractivity contribution in [2.45, 2.75) is 18.9 Å². The molecular formula is C12H16ClN3O2. The van der Waals surface area contributed by atoms with Crippen LogP contribution in [0.5, 0.6) is 0 Å².